The summed E-state index contributed by atoms with van der Waals surface area (Å²) in [6, 6.07) is 12.4. The monoisotopic (exact) mass is 369 g/mol. The molecule has 0 unspecified atom stereocenters. The lowest BCUT2D eigenvalue weighted by molar-refractivity contribution is 0.380. The SMILES string of the molecule is Cc1ccccc1NS(=O)(=O)c1cc(-c2noc(C3CC3)n2)ccc1C. The topological polar surface area (TPSA) is 85.1 Å². The second-order valence-electron chi connectivity index (χ2n) is 6.63. The minimum atomic E-state index is -3.73. The number of para-hydroxylation sites is 1. The van der Waals surface area contributed by atoms with Crippen molar-refractivity contribution in [2.45, 2.75) is 37.5 Å². The summed E-state index contributed by atoms with van der Waals surface area (Å²) in [5.41, 5.74) is 2.70. The smallest absolute Gasteiger partial charge is 0.262 e. The van der Waals surface area contributed by atoms with Crippen LogP contribution in [-0.4, -0.2) is 18.6 Å². The highest BCUT2D eigenvalue weighted by atomic mass is 32.2. The number of anilines is 1. The summed E-state index contributed by atoms with van der Waals surface area (Å²) in [4.78, 5) is 4.61. The van der Waals surface area contributed by atoms with Crippen LogP contribution < -0.4 is 4.72 Å². The molecular formula is C19H19N3O3S. The first-order chi connectivity index (χ1) is 12.4. The molecule has 134 valence electrons. The van der Waals surface area contributed by atoms with Crippen LogP contribution in [-0.2, 0) is 10.0 Å². The van der Waals surface area contributed by atoms with E-state index in [1.165, 1.54) is 0 Å². The molecule has 0 atom stereocenters. The van der Waals surface area contributed by atoms with Gasteiger partial charge >= 0.3 is 0 Å². The molecule has 1 aliphatic carbocycles. The molecular weight excluding hydrogens is 350 g/mol. The van der Waals surface area contributed by atoms with Gasteiger partial charge in [-0.25, -0.2) is 8.42 Å². The van der Waals surface area contributed by atoms with Crippen molar-refractivity contribution in [2.24, 2.45) is 0 Å². The molecule has 0 saturated heterocycles. The lowest BCUT2D eigenvalue weighted by Crippen LogP contribution is -2.15. The second-order valence-corrected chi connectivity index (χ2v) is 8.28. The molecule has 0 bridgehead atoms. The maximum atomic E-state index is 12.9. The van der Waals surface area contributed by atoms with Crippen molar-refractivity contribution in [1.82, 2.24) is 10.1 Å². The van der Waals surface area contributed by atoms with Gasteiger partial charge < -0.3 is 4.52 Å². The fourth-order valence-corrected chi connectivity index (χ4v) is 4.17. The van der Waals surface area contributed by atoms with Crippen molar-refractivity contribution in [3.63, 3.8) is 0 Å². The van der Waals surface area contributed by atoms with E-state index < -0.39 is 10.0 Å². The predicted octanol–water partition coefficient (Wildman–Crippen LogP) is 4.03. The summed E-state index contributed by atoms with van der Waals surface area (Å²) >= 11 is 0. The molecule has 1 aliphatic rings. The van der Waals surface area contributed by atoms with E-state index in [0.717, 1.165) is 18.4 Å². The summed E-state index contributed by atoms with van der Waals surface area (Å²) in [6.07, 6.45) is 2.13. The van der Waals surface area contributed by atoms with Crippen molar-refractivity contribution in [3.8, 4) is 11.4 Å². The summed E-state index contributed by atoms with van der Waals surface area (Å²) < 4.78 is 33.8. The van der Waals surface area contributed by atoms with Gasteiger partial charge in [0.1, 0.15) is 0 Å². The van der Waals surface area contributed by atoms with Crippen LogP contribution in [0.3, 0.4) is 0 Å². The molecule has 6 nitrogen and oxygen atoms in total. The Morgan fingerprint density at radius 3 is 2.58 bits per heavy atom. The normalized spacial score (nSPS) is 14.4. The van der Waals surface area contributed by atoms with Crippen LogP contribution in [0.15, 0.2) is 51.9 Å². The molecule has 1 aromatic heterocycles. The molecule has 2 aromatic carbocycles. The molecule has 0 amide bonds. The fourth-order valence-electron chi connectivity index (χ4n) is 2.76. The number of hydrogen-bond donors (Lipinski definition) is 1. The lowest BCUT2D eigenvalue weighted by atomic mass is 10.1. The molecule has 1 N–H and O–H groups in total. The van der Waals surface area contributed by atoms with E-state index in [1.807, 2.05) is 25.1 Å². The van der Waals surface area contributed by atoms with Crippen molar-refractivity contribution >= 4 is 15.7 Å². The Morgan fingerprint density at radius 1 is 1.08 bits per heavy atom. The van der Waals surface area contributed by atoms with Crippen molar-refractivity contribution in [2.75, 3.05) is 4.72 Å². The van der Waals surface area contributed by atoms with Crippen LogP contribution in [0.4, 0.5) is 5.69 Å². The van der Waals surface area contributed by atoms with Crippen molar-refractivity contribution < 1.29 is 12.9 Å². The zero-order valence-electron chi connectivity index (χ0n) is 14.6. The number of sulfonamides is 1. The van der Waals surface area contributed by atoms with Gasteiger partial charge in [0.25, 0.3) is 10.0 Å². The van der Waals surface area contributed by atoms with Crippen molar-refractivity contribution in [3.05, 3.63) is 59.5 Å². The van der Waals surface area contributed by atoms with E-state index in [9.17, 15) is 8.42 Å². The van der Waals surface area contributed by atoms with Gasteiger partial charge in [0.2, 0.25) is 11.7 Å². The van der Waals surface area contributed by atoms with E-state index in [2.05, 4.69) is 14.9 Å². The number of rotatable bonds is 5. The Hall–Kier alpha value is -2.67. The van der Waals surface area contributed by atoms with E-state index in [0.29, 0.717) is 34.4 Å². The Labute approximate surface area is 152 Å². The Kier molecular flexibility index (Phi) is 4.03. The first kappa shape index (κ1) is 16.8. The van der Waals surface area contributed by atoms with Crippen LogP contribution >= 0.6 is 0 Å². The number of aromatic nitrogens is 2. The first-order valence-electron chi connectivity index (χ1n) is 8.47. The van der Waals surface area contributed by atoms with Crippen molar-refractivity contribution in [1.29, 1.82) is 0 Å². The molecule has 0 aliphatic heterocycles. The van der Waals surface area contributed by atoms with Gasteiger partial charge in [-0.1, -0.05) is 35.5 Å². The average molecular weight is 369 g/mol. The van der Waals surface area contributed by atoms with E-state index >= 15 is 0 Å². The molecule has 26 heavy (non-hydrogen) atoms. The summed E-state index contributed by atoms with van der Waals surface area (Å²) in [7, 11) is -3.73. The Bertz CT molecular complexity index is 1070. The summed E-state index contributed by atoms with van der Waals surface area (Å²) in [5, 5.41) is 4.00. The number of nitrogens with one attached hydrogen (secondary N) is 1. The standard InChI is InChI=1S/C19H19N3O3S/c1-12-5-3-4-6-16(12)22-26(23,24)17-11-15(8-7-13(17)2)18-20-19(25-21-18)14-9-10-14/h3-8,11,14,22H,9-10H2,1-2H3. The largest absolute Gasteiger partial charge is 0.339 e. The number of hydrogen-bond acceptors (Lipinski definition) is 5. The molecule has 1 saturated carbocycles. The minimum Gasteiger partial charge on any atom is -0.339 e. The lowest BCUT2D eigenvalue weighted by Gasteiger charge is -2.13. The summed E-state index contributed by atoms with van der Waals surface area (Å²) in [5.74, 6) is 1.40. The Morgan fingerprint density at radius 2 is 1.85 bits per heavy atom. The maximum absolute atomic E-state index is 12.9. The molecule has 0 spiro atoms. The number of nitrogens with zero attached hydrogens (tertiary/aromatic N) is 2. The van der Waals surface area contributed by atoms with Crippen LogP contribution in [0.25, 0.3) is 11.4 Å². The predicted molar refractivity (Wildman–Crippen MR) is 98.4 cm³/mol. The molecule has 4 rings (SSSR count). The highest BCUT2D eigenvalue weighted by Crippen LogP contribution is 2.39. The van der Waals surface area contributed by atoms with Crippen LogP contribution in [0, 0.1) is 13.8 Å². The quantitative estimate of drug-likeness (QED) is 0.734. The molecule has 1 heterocycles. The van der Waals surface area contributed by atoms with Gasteiger partial charge in [-0.05, 0) is 49.9 Å². The van der Waals surface area contributed by atoms with E-state index in [-0.39, 0.29) is 4.90 Å². The van der Waals surface area contributed by atoms with Gasteiger partial charge in [-0.15, -0.1) is 0 Å². The maximum Gasteiger partial charge on any atom is 0.262 e. The van der Waals surface area contributed by atoms with Crippen LogP contribution in [0.1, 0.15) is 35.8 Å². The molecule has 7 heteroatoms. The highest BCUT2D eigenvalue weighted by molar-refractivity contribution is 7.92. The van der Waals surface area contributed by atoms with Gasteiger partial charge in [0.05, 0.1) is 10.6 Å². The van der Waals surface area contributed by atoms with E-state index in [1.54, 1.807) is 31.2 Å². The molecule has 1 fully saturated rings. The fraction of sp³-hybridized carbons (Fsp3) is 0.263. The molecule has 3 aromatic rings. The highest BCUT2D eigenvalue weighted by Gasteiger charge is 2.30. The third-order valence-electron chi connectivity index (χ3n) is 4.49. The third kappa shape index (κ3) is 3.22. The zero-order valence-corrected chi connectivity index (χ0v) is 15.4. The Balaban J connectivity index is 1.69. The van der Waals surface area contributed by atoms with E-state index in [4.69, 9.17) is 4.52 Å². The van der Waals surface area contributed by atoms with Gasteiger partial charge in [-0.3, -0.25) is 4.72 Å². The van der Waals surface area contributed by atoms with Gasteiger partial charge in [0.15, 0.2) is 0 Å². The van der Waals surface area contributed by atoms with Gasteiger partial charge in [0, 0.05) is 11.5 Å². The van der Waals surface area contributed by atoms with Crippen LogP contribution in [0.2, 0.25) is 0 Å². The summed E-state index contributed by atoms with van der Waals surface area (Å²) in [6.45, 7) is 3.63. The first-order valence-corrected chi connectivity index (χ1v) is 9.95. The van der Waals surface area contributed by atoms with Crippen LogP contribution in [0.5, 0.6) is 0 Å². The number of aryl methyl sites for hydroxylation is 2. The minimum absolute atomic E-state index is 0.205. The second kappa shape index (κ2) is 6.25. The zero-order chi connectivity index (χ0) is 18.3. The third-order valence-corrected chi connectivity index (χ3v) is 6.00. The molecule has 0 radical (unpaired) electrons. The van der Waals surface area contributed by atoms with Gasteiger partial charge in [-0.2, -0.15) is 4.98 Å². The average Bonchev–Trinajstić information content (AvgIpc) is 3.34. The number of benzene rings is 2.